The van der Waals surface area contributed by atoms with Crippen molar-refractivity contribution in [3.8, 4) is 17.2 Å². The number of hydrogen-bond donors (Lipinski definition) is 5. The van der Waals surface area contributed by atoms with Crippen molar-refractivity contribution in [2.24, 2.45) is 17.6 Å². The lowest BCUT2D eigenvalue weighted by molar-refractivity contribution is -0.147. The van der Waals surface area contributed by atoms with E-state index in [-0.39, 0.29) is 36.1 Å². The lowest BCUT2D eigenvalue weighted by Crippen LogP contribution is -2.58. The predicted octanol–water partition coefficient (Wildman–Crippen LogP) is 1.58. The van der Waals surface area contributed by atoms with Crippen molar-refractivity contribution in [2.45, 2.75) is 31.3 Å². The number of hydrogen-bond acceptors (Lipinski definition) is 10. The number of primary amides is 1. The molecule has 0 unspecified atom stereocenters. The number of ketones is 2. The Balaban J connectivity index is 1.51. The first-order chi connectivity index (χ1) is 18.5. The molecule has 0 heterocycles. The van der Waals surface area contributed by atoms with Gasteiger partial charge in [0.1, 0.15) is 34.3 Å². The average Bonchev–Trinajstić information content (AvgIpc) is 2.88. The molecule has 0 radical (unpaired) electrons. The van der Waals surface area contributed by atoms with Gasteiger partial charge in [0.15, 0.2) is 11.4 Å². The quantitative estimate of drug-likeness (QED) is 0.213. The van der Waals surface area contributed by atoms with Gasteiger partial charge >= 0.3 is 5.97 Å². The zero-order chi connectivity index (χ0) is 28.2. The molecule has 0 bridgehead atoms. The zero-order valence-corrected chi connectivity index (χ0v) is 20.8. The van der Waals surface area contributed by atoms with Crippen molar-refractivity contribution in [2.75, 3.05) is 7.11 Å². The van der Waals surface area contributed by atoms with Gasteiger partial charge in [0.2, 0.25) is 5.78 Å². The number of carbonyl (C=O) groups excluding carboxylic acids is 4. The number of aliphatic hydroxyl groups excluding tert-OH is 2. The maximum Gasteiger partial charge on any atom is 0.315 e. The van der Waals surface area contributed by atoms with Crippen LogP contribution in [-0.2, 0) is 32.0 Å². The van der Waals surface area contributed by atoms with Crippen LogP contribution in [0.1, 0.15) is 29.5 Å². The van der Waals surface area contributed by atoms with Crippen LogP contribution in [0, 0.1) is 11.8 Å². The Morgan fingerprint density at radius 3 is 2.33 bits per heavy atom. The third-order valence-corrected chi connectivity index (χ3v) is 7.67. The molecule has 0 saturated heterocycles. The van der Waals surface area contributed by atoms with Gasteiger partial charge in [-0.2, -0.15) is 0 Å². The molecule has 202 valence electrons. The lowest BCUT2D eigenvalue weighted by atomic mass is 9.59. The largest absolute Gasteiger partial charge is 0.508 e. The van der Waals surface area contributed by atoms with Gasteiger partial charge in [-0.15, -0.1) is 0 Å². The summed E-state index contributed by atoms with van der Waals surface area (Å²) in [5.41, 5.74) is 2.23. The topological polar surface area (TPSA) is 194 Å². The van der Waals surface area contributed by atoms with Crippen molar-refractivity contribution in [1.29, 1.82) is 0 Å². The number of aromatic hydroxyl groups is 1. The van der Waals surface area contributed by atoms with E-state index in [4.69, 9.17) is 15.2 Å². The minimum atomic E-state index is -2.63. The van der Waals surface area contributed by atoms with Gasteiger partial charge in [-0.05, 0) is 60.2 Å². The molecule has 3 aliphatic carbocycles. The summed E-state index contributed by atoms with van der Waals surface area (Å²) in [6.45, 7) is 0. The van der Waals surface area contributed by atoms with Crippen LogP contribution in [-0.4, -0.2) is 56.6 Å². The fourth-order valence-electron chi connectivity index (χ4n) is 5.82. The van der Waals surface area contributed by atoms with E-state index < -0.39 is 64.4 Å². The van der Waals surface area contributed by atoms with Crippen LogP contribution in [0.5, 0.6) is 17.2 Å². The van der Waals surface area contributed by atoms with E-state index in [1.165, 1.54) is 19.2 Å². The number of Topliss-reactive ketones (excluding diaryl/α,β-unsaturated/α-hetero) is 2. The van der Waals surface area contributed by atoms with Gasteiger partial charge in [-0.25, -0.2) is 0 Å². The SMILES string of the molecule is COc1ccc(OC(=O)Cc2ccc(O)c3c2C[C@H]2C[C@H]4CC(=O)C(C(N)=O)=C(O)[C@@]4(O)C(=O)C2=C3O)cc1. The number of ether oxygens (including phenoxy) is 2. The Morgan fingerprint density at radius 1 is 1.03 bits per heavy atom. The highest BCUT2D eigenvalue weighted by atomic mass is 16.5. The Bertz CT molecular complexity index is 1500. The first kappa shape index (κ1) is 26.0. The molecule has 2 aromatic carbocycles. The molecule has 0 aliphatic heterocycles. The van der Waals surface area contributed by atoms with Crippen LogP contribution in [0.15, 0.2) is 53.3 Å². The molecule has 1 amide bonds. The number of esters is 1. The zero-order valence-electron chi connectivity index (χ0n) is 20.8. The molecule has 3 aliphatic rings. The lowest BCUT2D eigenvalue weighted by Gasteiger charge is -2.46. The summed E-state index contributed by atoms with van der Waals surface area (Å²) in [4.78, 5) is 50.5. The normalized spacial score (nSPS) is 24.1. The summed E-state index contributed by atoms with van der Waals surface area (Å²) in [6.07, 6.45) is -0.541. The van der Waals surface area contributed by atoms with Crippen LogP contribution in [0.4, 0.5) is 0 Å². The number of rotatable bonds is 5. The van der Waals surface area contributed by atoms with Gasteiger partial charge in [0, 0.05) is 17.9 Å². The fourth-order valence-corrected chi connectivity index (χ4v) is 5.82. The van der Waals surface area contributed by atoms with Crippen molar-refractivity contribution < 1.29 is 49.1 Å². The van der Waals surface area contributed by atoms with E-state index in [9.17, 15) is 39.6 Å². The molecule has 5 rings (SSSR count). The minimum absolute atomic E-state index is 0.00565. The van der Waals surface area contributed by atoms with Crippen molar-refractivity contribution >= 4 is 29.2 Å². The van der Waals surface area contributed by atoms with Crippen LogP contribution >= 0.6 is 0 Å². The monoisotopic (exact) mass is 535 g/mol. The maximum absolute atomic E-state index is 13.6. The summed E-state index contributed by atoms with van der Waals surface area (Å²) in [7, 11) is 1.51. The fraction of sp³-hybridized carbons (Fsp3) is 0.286. The first-order valence-electron chi connectivity index (χ1n) is 12.1. The Morgan fingerprint density at radius 2 is 1.69 bits per heavy atom. The van der Waals surface area contributed by atoms with Gasteiger partial charge in [-0.1, -0.05) is 6.07 Å². The van der Waals surface area contributed by atoms with Gasteiger partial charge in [0.05, 0.1) is 19.1 Å². The van der Waals surface area contributed by atoms with E-state index in [0.29, 0.717) is 22.6 Å². The van der Waals surface area contributed by atoms with E-state index in [0.717, 1.165) is 0 Å². The Labute approximate surface area is 221 Å². The highest BCUT2D eigenvalue weighted by Crippen LogP contribution is 2.52. The molecule has 39 heavy (non-hydrogen) atoms. The molecule has 11 nitrogen and oxygen atoms in total. The second-order valence-electron chi connectivity index (χ2n) is 9.83. The summed E-state index contributed by atoms with van der Waals surface area (Å²) in [6, 6.07) is 9.17. The average molecular weight is 536 g/mol. The van der Waals surface area contributed by atoms with Crippen LogP contribution in [0.3, 0.4) is 0 Å². The number of aliphatic hydroxyl groups is 3. The number of methoxy groups -OCH3 is 1. The molecule has 3 atom stereocenters. The molecule has 11 heteroatoms. The van der Waals surface area contributed by atoms with Crippen molar-refractivity contribution in [3.05, 3.63) is 70.0 Å². The third kappa shape index (κ3) is 4.02. The van der Waals surface area contributed by atoms with Gasteiger partial charge in [0.25, 0.3) is 5.91 Å². The summed E-state index contributed by atoms with van der Waals surface area (Å²) in [5, 5.41) is 43.7. The van der Waals surface area contributed by atoms with Crippen molar-refractivity contribution in [3.63, 3.8) is 0 Å². The number of phenols is 1. The standard InChI is InChI=1S/C28H25NO10/c1-38-15-3-5-16(6-4-15)39-20(32)10-12-2-7-18(30)22-17(12)9-13-8-14-11-19(31)23(27(29)36)26(35)28(14,37)25(34)21(13)24(22)33/h2-7,13-14,30,33,35,37H,8-11H2,1H3,(H2,29,36)/t13-,14+,28+/m1/s1. The molecule has 2 aromatic rings. The number of amides is 1. The van der Waals surface area contributed by atoms with Crippen molar-refractivity contribution in [1.82, 2.24) is 0 Å². The molecule has 0 spiro atoms. The summed E-state index contributed by atoms with van der Waals surface area (Å²) < 4.78 is 10.5. The molecule has 0 aromatic heterocycles. The van der Waals surface area contributed by atoms with E-state index in [1.807, 2.05) is 0 Å². The maximum atomic E-state index is 13.6. The van der Waals surface area contributed by atoms with Gasteiger partial charge in [-0.3, -0.25) is 19.2 Å². The number of fused-ring (bicyclic) bond motifs is 3. The van der Waals surface area contributed by atoms with Gasteiger partial charge < -0.3 is 35.6 Å². The minimum Gasteiger partial charge on any atom is -0.508 e. The predicted molar refractivity (Wildman–Crippen MR) is 134 cm³/mol. The highest BCUT2D eigenvalue weighted by Gasteiger charge is 2.60. The molecular formula is C28H25NO10. The Kier molecular flexibility index (Phi) is 6.18. The van der Waals surface area contributed by atoms with Crippen LogP contribution < -0.4 is 15.2 Å². The third-order valence-electron chi connectivity index (χ3n) is 7.67. The van der Waals surface area contributed by atoms with E-state index in [1.54, 1.807) is 24.3 Å². The summed E-state index contributed by atoms with van der Waals surface area (Å²) in [5.74, 6) is -6.79. The molecule has 1 saturated carbocycles. The smallest absolute Gasteiger partial charge is 0.315 e. The second-order valence-corrected chi connectivity index (χ2v) is 9.83. The Hall–Kier alpha value is -4.64. The molecule has 1 fully saturated rings. The van der Waals surface area contributed by atoms with E-state index in [2.05, 4.69) is 0 Å². The number of carbonyl (C=O) groups is 4. The molecule has 6 N–H and O–H groups in total. The molecular weight excluding hydrogens is 510 g/mol. The van der Waals surface area contributed by atoms with Crippen LogP contribution in [0.25, 0.3) is 5.76 Å². The highest BCUT2D eigenvalue weighted by molar-refractivity contribution is 6.22. The number of phenolic OH excluding ortho intramolecular Hbond substituents is 1. The summed E-state index contributed by atoms with van der Waals surface area (Å²) >= 11 is 0. The number of nitrogens with two attached hydrogens (primary N) is 1. The van der Waals surface area contributed by atoms with E-state index >= 15 is 0 Å². The first-order valence-corrected chi connectivity index (χ1v) is 12.1. The van der Waals surface area contributed by atoms with Crippen LogP contribution in [0.2, 0.25) is 0 Å². The second kappa shape index (κ2) is 9.28. The number of benzene rings is 2.